The van der Waals surface area contributed by atoms with E-state index in [0.29, 0.717) is 9.75 Å². The van der Waals surface area contributed by atoms with Gasteiger partial charge >= 0.3 is 6.03 Å². The number of thioether (sulfide) groups is 1. The first-order valence-electron chi connectivity index (χ1n) is 9.52. The number of allylic oxidation sites excluding steroid dienone is 1. The summed E-state index contributed by atoms with van der Waals surface area (Å²) in [5.74, 6) is -0.316. The second-order valence-corrected chi connectivity index (χ2v) is 11.0. The lowest BCUT2D eigenvalue weighted by molar-refractivity contribution is 0.256. The standard InChI is InChI=1S/C20H17ClFN5O4S2/c1-23-15-8-11-6-7-27(19(28)13(11)9-14(15)22)17-4-2-12(10-24-17)25-20(29)26-33(30,31)18-5-3-16(21)32-18/h2-4,6-10,18,23H,5H2,1H3,(H2,25,26,29). The molecule has 9 nitrogen and oxygen atoms in total. The number of carbonyl (C=O) groups excluding carboxylic acids is 1. The molecule has 1 aromatic carbocycles. The molecule has 1 atom stereocenters. The summed E-state index contributed by atoms with van der Waals surface area (Å²) in [6.45, 7) is 0. The van der Waals surface area contributed by atoms with E-state index in [1.807, 2.05) is 4.72 Å². The molecule has 3 N–H and O–H groups in total. The first-order chi connectivity index (χ1) is 15.7. The molecule has 0 bridgehead atoms. The van der Waals surface area contributed by atoms with Crippen LogP contribution in [0.3, 0.4) is 0 Å². The Bertz CT molecular complexity index is 1440. The Morgan fingerprint density at radius 2 is 2.09 bits per heavy atom. The van der Waals surface area contributed by atoms with Gasteiger partial charge in [0.25, 0.3) is 5.56 Å². The van der Waals surface area contributed by atoms with Crippen molar-refractivity contribution in [2.24, 2.45) is 0 Å². The number of hydrogen-bond donors (Lipinski definition) is 3. The maximum atomic E-state index is 14.1. The summed E-state index contributed by atoms with van der Waals surface area (Å²) in [4.78, 5) is 29.1. The lowest BCUT2D eigenvalue weighted by Gasteiger charge is -2.13. The van der Waals surface area contributed by atoms with Crippen LogP contribution in [-0.2, 0) is 10.0 Å². The van der Waals surface area contributed by atoms with E-state index in [1.54, 1.807) is 19.2 Å². The van der Waals surface area contributed by atoms with Crippen LogP contribution < -0.4 is 20.9 Å². The minimum atomic E-state index is -3.94. The van der Waals surface area contributed by atoms with Crippen molar-refractivity contribution in [3.63, 3.8) is 0 Å². The Kier molecular flexibility index (Phi) is 6.32. The van der Waals surface area contributed by atoms with Gasteiger partial charge < -0.3 is 10.6 Å². The minimum absolute atomic E-state index is 0.182. The molecule has 1 aliphatic rings. The number of urea groups is 1. The molecule has 1 aliphatic heterocycles. The zero-order valence-electron chi connectivity index (χ0n) is 17.0. The molecule has 172 valence electrons. The van der Waals surface area contributed by atoms with Crippen LogP contribution >= 0.6 is 23.4 Å². The highest BCUT2D eigenvalue weighted by Gasteiger charge is 2.31. The van der Waals surface area contributed by atoms with Crippen molar-refractivity contribution in [3.05, 3.63) is 69.3 Å². The number of hydrogen-bond acceptors (Lipinski definition) is 7. The number of rotatable bonds is 5. The lowest BCUT2D eigenvalue weighted by atomic mass is 10.1. The van der Waals surface area contributed by atoms with Crippen molar-refractivity contribution in [1.82, 2.24) is 14.3 Å². The molecule has 0 radical (unpaired) electrons. The molecule has 0 spiro atoms. The monoisotopic (exact) mass is 509 g/mol. The number of fused-ring (bicyclic) bond motifs is 1. The third-order valence-electron chi connectivity index (χ3n) is 4.81. The van der Waals surface area contributed by atoms with Crippen LogP contribution in [0.1, 0.15) is 6.42 Å². The Hall–Kier alpha value is -3.09. The molecule has 4 rings (SSSR count). The van der Waals surface area contributed by atoms with Gasteiger partial charge in [0.1, 0.15) is 16.2 Å². The van der Waals surface area contributed by atoms with Crippen molar-refractivity contribution in [2.75, 3.05) is 17.7 Å². The molecule has 1 unspecified atom stereocenters. The summed E-state index contributed by atoms with van der Waals surface area (Å²) in [5.41, 5.74) is 0.0204. The van der Waals surface area contributed by atoms with Gasteiger partial charge in [0.05, 0.1) is 27.3 Å². The van der Waals surface area contributed by atoms with Crippen LogP contribution in [0.5, 0.6) is 0 Å². The summed E-state index contributed by atoms with van der Waals surface area (Å²) in [5, 5.41) is 5.85. The van der Waals surface area contributed by atoms with Crippen molar-refractivity contribution in [2.45, 2.75) is 11.0 Å². The van der Waals surface area contributed by atoms with Gasteiger partial charge in [-0.3, -0.25) is 9.36 Å². The SMILES string of the molecule is CNc1cc2ccn(-c3ccc(NC(=O)NS(=O)(=O)C4CC=C(Cl)S4)cn3)c(=O)c2cc1F. The number of nitrogens with one attached hydrogen (secondary N) is 3. The first kappa shape index (κ1) is 23.1. The third-order valence-corrected chi connectivity index (χ3v) is 8.48. The maximum absolute atomic E-state index is 14.1. The van der Waals surface area contributed by atoms with Crippen molar-refractivity contribution < 1.29 is 17.6 Å². The van der Waals surface area contributed by atoms with Gasteiger partial charge in [-0.05, 0) is 42.1 Å². The van der Waals surface area contributed by atoms with Gasteiger partial charge in [0.15, 0.2) is 0 Å². The number of pyridine rings is 2. The summed E-state index contributed by atoms with van der Waals surface area (Å²) in [6.07, 6.45) is 4.54. The van der Waals surface area contributed by atoms with Crippen LogP contribution in [0, 0.1) is 5.82 Å². The van der Waals surface area contributed by atoms with Gasteiger partial charge in [-0.1, -0.05) is 29.4 Å². The first-order valence-corrected chi connectivity index (χ1v) is 12.3. The summed E-state index contributed by atoms with van der Waals surface area (Å²) in [7, 11) is -2.35. The third kappa shape index (κ3) is 4.82. The maximum Gasteiger partial charge on any atom is 0.332 e. The van der Waals surface area contributed by atoms with E-state index in [4.69, 9.17) is 11.6 Å². The molecule has 2 aromatic heterocycles. The van der Waals surface area contributed by atoms with Gasteiger partial charge in [-0.2, -0.15) is 0 Å². The van der Waals surface area contributed by atoms with E-state index in [1.165, 1.54) is 35.2 Å². The summed E-state index contributed by atoms with van der Waals surface area (Å²) >= 11 is 6.74. The van der Waals surface area contributed by atoms with E-state index < -0.39 is 32.0 Å². The van der Waals surface area contributed by atoms with Gasteiger partial charge in [0, 0.05) is 13.2 Å². The van der Waals surface area contributed by atoms with Gasteiger partial charge in [-0.25, -0.2) is 27.3 Å². The number of aromatic nitrogens is 2. The fourth-order valence-corrected chi connectivity index (χ4v) is 6.15. The lowest BCUT2D eigenvalue weighted by Crippen LogP contribution is -2.38. The molecule has 0 saturated heterocycles. The van der Waals surface area contributed by atoms with Crippen LogP contribution in [0.25, 0.3) is 16.6 Å². The van der Waals surface area contributed by atoms with E-state index in [2.05, 4.69) is 15.6 Å². The highest BCUT2D eigenvalue weighted by Crippen LogP contribution is 2.37. The number of benzene rings is 1. The Labute approximate surface area is 197 Å². The second-order valence-electron chi connectivity index (χ2n) is 6.96. The molecular weight excluding hydrogens is 493 g/mol. The number of halogens is 2. The van der Waals surface area contributed by atoms with E-state index in [9.17, 15) is 22.4 Å². The van der Waals surface area contributed by atoms with Gasteiger partial charge in [-0.15, -0.1) is 0 Å². The van der Waals surface area contributed by atoms with E-state index in [-0.39, 0.29) is 29.0 Å². The Balaban J connectivity index is 1.50. The average molecular weight is 510 g/mol. The highest BCUT2D eigenvalue weighted by atomic mass is 35.5. The Morgan fingerprint density at radius 3 is 2.73 bits per heavy atom. The van der Waals surface area contributed by atoms with Crippen molar-refractivity contribution in [3.8, 4) is 5.82 Å². The van der Waals surface area contributed by atoms with E-state index >= 15 is 0 Å². The molecule has 13 heteroatoms. The number of anilines is 2. The topological polar surface area (TPSA) is 122 Å². The summed E-state index contributed by atoms with van der Waals surface area (Å²) < 4.78 is 41.3. The number of sulfonamides is 1. The van der Waals surface area contributed by atoms with Crippen LogP contribution in [-0.4, -0.2) is 35.6 Å². The summed E-state index contributed by atoms with van der Waals surface area (Å²) in [6, 6.07) is 6.33. The number of amides is 2. The zero-order valence-corrected chi connectivity index (χ0v) is 19.4. The number of carbonyl (C=O) groups is 1. The molecule has 3 aromatic rings. The zero-order chi connectivity index (χ0) is 23.8. The molecule has 0 aliphatic carbocycles. The molecule has 0 saturated carbocycles. The molecule has 33 heavy (non-hydrogen) atoms. The fourth-order valence-electron chi connectivity index (χ4n) is 3.19. The predicted octanol–water partition coefficient (Wildman–Crippen LogP) is 3.56. The normalized spacial score (nSPS) is 15.8. The fraction of sp³-hybridized carbons (Fsp3) is 0.150. The van der Waals surface area contributed by atoms with E-state index in [0.717, 1.165) is 17.8 Å². The Morgan fingerprint density at radius 1 is 1.30 bits per heavy atom. The quantitative estimate of drug-likeness (QED) is 0.480. The predicted molar refractivity (Wildman–Crippen MR) is 128 cm³/mol. The van der Waals surface area contributed by atoms with Crippen LogP contribution in [0.15, 0.2) is 58.0 Å². The second kappa shape index (κ2) is 9.04. The van der Waals surface area contributed by atoms with Crippen LogP contribution in [0.2, 0.25) is 0 Å². The smallest absolute Gasteiger partial charge is 0.332 e. The van der Waals surface area contributed by atoms with Crippen LogP contribution in [0.4, 0.5) is 20.6 Å². The highest BCUT2D eigenvalue weighted by molar-refractivity contribution is 8.16. The minimum Gasteiger partial charge on any atom is -0.386 e. The van der Waals surface area contributed by atoms with Crippen molar-refractivity contribution >= 4 is 61.6 Å². The average Bonchev–Trinajstić information content (AvgIpc) is 3.22. The molecular formula is C20H17ClFN5O4S2. The van der Waals surface area contributed by atoms with Gasteiger partial charge in [0.2, 0.25) is 10.0 Å². The number of nitrogens with zero attached hydrogens (tertiary/aromatic N) is 2. The molecule has 3 heterocycles. The molecule has 2 amide bonds. The van der Waals surface area contributed by atoms with Crippen molar-refractivity contribution in [1.29, 1.82) is 0 Å². The molecule has 0 fully saturated rings. The largest absolute Gasteiger partial charge is 0.386 e.